The second-order valence-electron chi connectivity index (χ2n) is 5.43. The van der Waals surface area contributed by atoms with Crippen LogP contribution in [0.5, 0.6) is 0 Å². The highest BCUT2D eigenvalue weighted by molar-refractivity contribution is 4.81. The van der Waals surface area contributed by atoms with Crippen LogP contribution in [0.15, 0.2) is 0 Å². The summed E-state index contributed by atoms with van der Waals surface area (Å²) in [7, 11) is 0. The second kappa shape index (κ2) is 7.29. The van der Waals surface area contributed by atoms with E-state index in [9.17, 15) is 0 Å². The Morgan fingerprint density at radius 1 is 1.31 bits per heavy atom. The van der Waals surface area contributed by atoms with Crippen molar-refractivity contribution >= 4 is 0 Å². The highest BCUT2D eigenvalue weighted by Gasteiger charge is 2.30. The van der Waals surface area contributed by atoms with Crippen LogP contribution in [0.3, 0.4) is 0 Å². The Morgan fingerprint density at radius 3 is 2.62 bits per heavy atom. The van der Waals surface area contributed by atoms with Crippen molar-refractivity contribution < 1.29 is 4.74 Å². The summed E-state index contributed by atoms with van der Waals surface area (Å²) in [5.74, 6) is 1.38. The molecular formula is C14H29NO. The van der Waals surface area contributed by atoms with Gasteiger partial charge in [-0.25, -0.2) is 0 Å². The molecule has 96 valence electrons. The first kappa shape index (κ1) is 14.0. The van der Waals surface area contributed by atoms with E-state index >= 15 is 0 Å². The number of nitrogens with one attached hydrogen (secondary N) is 1. The lowest BCUT2D eigenvalue weighted by atomic mass is 9.92. The summed E-state index contributed by atoms with van der Waals surface area (Å²) in [4.78, 5) is 0. The van der Waals surface area contributed by atoms with E-state index < -0.39 is 0 Å². The predicted molar refractivity (Wildman–Crippen MR) is 69.7 cm³/mol. The van der Waals surface area contributed by atoms with Gasteiger partial charge in [0.1, 0.15) is 0 Å². The third-order valence-electron chi connectivity index (χ3n) is 3.72. The summed E-state index contributed by atoms with van der Waals surface area (Å²) in [6.45, 7) is 11.2. The van der Waals surface area contributed by atoms with Gasteiger partial charge in [0.2, 0.25) is 0 Å². The van der Waals surface area contributed by atoms with Crippen molar-refractivity contribution in [2.75, 3.05) is 13.2 Å². The molecule has 1 fully saturated rings. The molecule has 3 atom stereocenters. The molecular weight excluding hydrogens is 198 g/mol. The molecule has 0 saturated carbocycles. The lowest BCUT2D eigenvalue weighted by Crippen LogP contribution is -2.37. The van der Waals surface area contributed by atoms with Gasteiger partial charge in [0.15, 0.2) is 0 Å². The van der Waals surface area contributed by atoms with Crippen LogP contribution in [0.25, 0.3) is 0 Å². The van der Waals surface area contributed by atoms with E-state index in [-0.39, 0.29) is 0 Å². The lowest BCUT2D eigenvalue weighted by Gasteiger charge is -2.25. The van der Waals surface area contributed by atoms with Gasteiger partial charge in [0.25, 0.3) is 0 Å². The van der Waals surface area contributed by atoms with Crippen molar-refractivity contribution in [1.82, 2.24) is 5.32 Å². The van der Waals surface area contributed by atoms with Gasteiger partial charge in [-0.3, -0.25) is 0 Å². The van der Waals surface area contributed by atoms with Crippen LogP contribution in [0.4, 0.5) is 0 Å². The van der Waals surface area contributed by atoms with E-state index in [4.69, 9.17) is 4.74 Å². The monoisotopic (exact) mass is 227 g/mol. The molecule has 3 unspecified atom stereocenters. The van der Waals surface area contributed by atoms with Crippen LogP contribution in [0.2, 0.25) is 0 Å². The molecule has 1 rings (SSSR count). The maximum absolute atomic E-state index is 5.81. The molecule has 0 aromatic heterocycles. The SMILES string of the molecule is CCCC(CC)NCC1CCOC1C(C)C. The first-order valence-electron chi connectivity index (χ1n) is 7.04. The summed E-state index contributed by atoms with van der Waals surface area (Å²) in [6, 6.07) is 0.707. The van der Waals surface area contributed by atoms with E-state index in [2.05, 4.69) is 33.0 Å². The standard InChI is InChI=1S/C14H29NO/c1-5-7-13(6-2)15-10-12-8-9-16-14(12)11(3)4/h11-15H,5-10H2,1-4H3. The minimum Gasteiger partial charge on any atom is -0.378 e. The van der Waals surface area contributed by atoms with Crippen LogP contribution in [0.1, 0.15) is 53.4 Å². The average molecular weight is 227 g/mol. The van der Waals surface area contributed by atoms with Gasteiger partial charge in [-0.2, -0.15) is 0 Å². The molecule has 0 bridgehead atoms. The smallest absolute Gasteiger partial charge is 0.0639 e. The zero-order chi connectivity index (χ0) is 12.0. The molecule has 0 aromatic carbocycles. The van der Waals surface area contributed by atoms with Crippen molar-refractivity contribution in [3.63, 3.8) is 0 Å². The van der Waals surface area contributed by atoms with E-state index in [1.54, 1.807) is 0 Å². The van der Waals surface area contributed by atoms with Gasteiger partial charge in [-0.1, -0.05) is 34.1 Å². The number of ether oxygens (including phenoxy) is 1. The van der Waals surface area contributed by atoms with Gasteiger partial charge < -0.3 is 10.1 Å². The Kier molecular flexibility index (Phi) is 6.37. The quantitative estimate of drug-likeness (QED) is 0.721. The fraction of sp³-hybridized carbons (Fsp3) is 1.00. The van der Waals surface area contributed by atoms with Gasteiger partial charge in [0.05, 0.1) is 6.10 Å². The molecule has 1 N–H and O–H groups in total. The number of rotatable bonds is 7. The number of hydrogen-bond donors (Lipinski definition) is 1. The second-order valence-corrected chi connectivity index (χ2v) is 5.43. The van der Waals surface area contributed by atoms with Crippen molar-refractivity contribution in [1.29, 1.82) is 0 Å². The summed E-state index contributed by atoms with van der Waals surface area (Å²) in [5, 5.41) is 3.72. The minimum atomic E-state index is 0.478. The lowest BCUT2D eigenvalue weighted by molar-refractivity contribution is 0.0533. The van der Waals surface area contributed by atoms with Gasteiger partial charge in [-0.15, -0.1) is 0 Å². The Hall–Kier alpha value is -0.0800. The minimum absolute atomic E-state index is 0.478. The molecule has 2 nitrogen and oxygen atoms in total. The van der Waals surface area contributed by atoms with Crippen molar-refractivity contribution in [3.05, 3.63) is 0 Å². The predicted octanol–water partition coefficient (Wildman–Crippen LogP) is 3.22. The molecule has 0 aliphatic carbocycles. The average Bonchev–Trinajstić information content (AvgIpc) is 2.72. The molecule has 1 aliphatic rings. The highest BCUT2D eigenvalue weighted by Crippen LogP contribution is 2.26. The third kappa shape index (κ3) is 4.06. The maximum atomic E-state index is 5.81. The van der Waals surface area contributed by atoms with Gasteiger partial charge >= 0.3 is 0 Å². The Morgan fingerprint density at radius 2 is 2.06 bits per heavy atom. The Balaban J connectivity index is 2.30. The van der Waals surface area contributed by atoms with Crippen molar-refractivity contribution in [3.8, 4) is 0 Å². The zero-order valence-corrected chi connectivity index (χ0v) is 11.5. The van der Waals surface area contributed by atoms with Crippen molar-refractivity contribution in [2.45, 2.75) is 65.5 Å². The zero-order valence-electron chi connectivity index (χ0n) is 11.5. The first-order chi connectivity index (χ1) is 7.69. The van der Waals surface area contributed by atoms with Gasteiger partial charge in [0, 0.05) is 19.2 Å². The molecule has 1 heterocycles. The fourth-order valence-corrected chi connectivity index (χ4v) is 2.73. The maximum Gasteiger partial charge on any atom is 0.0639 e. The van der Waals surface area contributed by atoms with Crippen LogP contribution in [-0.2, 0) is 4.74 Å². The van der Waals surface area contributed by atoms with E-state index in [0.717, 1.165) is 19.1 Å². The van der Waals surface area contributed by atoms with Crippen LogP contribution in [-0.4, -0.2) is 25.3 Å². The topological polar surface area (TPSA) is 21.3 Å². The van der Waals surface area contributed by atoms with Crippen LogP contribution >= 0.6 is 0 Å². The van der Waals surface area contributed by atoms with E-state index in [0.29, 0.717) is 18.1 Å². The summed E-state index contributed by atoms with van der Waals surface area (Å²) < 4.78 is 5.81. The third-order valence-corrected chi connectivity index (χ3v) is 3.72. The van der Waals surface area contributed by atoms with Crippen LogP contribution in [0, 0.1) is 11.8 Å². The molecule has 2 heteroatoms. The number of hydrogen-bond acceptors (Lipinski definition) is 2. The summed E-state index contributed by atoms with van der Waals surface area (Å²) >= 11 is 0. The molecule has 1 aliphatic heterocycles. The molecule has 0 radical (unpaired) electrons. The van der Waals surface area contributed by atoms with Gasteiger partial charge in [-0.05, 0) is 31.1 Å². The van der Waals surface area contributed by atoms with Crippen molar-refractivity contribution in [2.24, 2.45) is 11.8 Å². The van der Waals surface area contributed by atoms with Crippen LogP contribution < -0.4 is 5.32 Å². The molecule has 0 spiro atoms. The van der Waals surface area contributed by atoms with E-state index in [1.165, 1.54) is 25.7 Å². The molecule has 0 amide bonds. The molecule has 16 heavy (non-hydrogen) atoms. The van der Waals surface area contributed by atoms with E-state index in [1.807, 2.05) is 0 Å². The Labute approximate surface area is 101 Å². The fourth-order valence-electron chi connectivity index (χ4n) is 2.73. The normalized spacial score (nSPS) is 27.6. The summed E-state index contributed by atoms with van der Waals surface area (Å²) in [5.41, 5.74) is 0. The highest BCUT2D eigenvalue weighted by atomic mass is 16.5. The summed E-state index contributed by atoms with van der Waals surface area (Å²) in [6.07, 6.45) is 5.54. The molecule has 1 saturated heterocycles. The first-order valence-corrected chi connectivity index (χ1v) is 7.04. The molecule has 0 aromatic rings. The largest absolute Gasteiger partial charge is 0.378 e. The Bertz CT molecular complexity index is 182.